The number of hydrogen-bond acceptors (Lipinski definition) is 5. The van der Waals surface area contributed by atoms with E-state index in [9.17, 15) is 4.79 Å². The minimum atomic E-state index is -0.0465. The predicted octanol–water partition coefficient (Wildman–Crippen LogP) is 2.22. The van der Waals surface area contributed by atoms with Gasteiger partial charge >= 0.3 is 0 Å². The Morgan fingerprint density at radius 2 is 2.24 bits per heavy atom. The van der Waals surface area contributed by atoms with E-state index in [4.69, 9.17) is 9.15 Å². The van der Waals surface area contributed by atoms with E-state index in [0.717, 1.165) is 11.4 Å². The van der Waals surface area contributed by atoms with Gasteiger partial charge in [0.1, 0.15) is 12.0 Å². The molecule has 0 aromatic carbocycles. The molecule has 0 fully saturated rings. The molecule has 3 aromatic rings. The zero-order valence-corrected chi connectivity index (χ0v) is 13.6. The van der Waals surface area contributed by atoms with Gasteiger partial charge in [-0.1, -0.05) is 0 Å². The topological polar surface area (TPSA) is 73.4 Å². The molecule has 3 aromatic heterocycles. The number of fused-ring (bicyclic) bond motifs is 1. The molecule has 0 radical (unpaired) electrons. The molecule has 1 amide bonds. The highest BCUT2D eigenvalue weighted by Crippen LogP contribution is 2.19. The molecule has 0 saturated carbocycles. The fraction of sp³-hybridized carbons (Fsp3) is 0.278. The molecular weight excluding hydrogens is 320 g/mol. The Morgan fingerprint density at radius 3 is 3.04 bits per heavy atom. The zero-order chi connectivity index (χ0) is 17.1. The third-order valence-corrected chi connectivity index (χ3v) is 4.24. The molecule has 1 aliphatic heterocycles. The maximum Gasteiger partial charge on any atom is 0.257 e. The molecule has 4 heterocycles. The molecular formula is C18H18N4O3. The summed E-state index contributed by atoms with van der Waals surface area (Å²) in [6, 6.07) is 7.34. The highest BCUT2D eigenvalue weighted by Gasteiger charge is 2.27. The number of carbonyl (C=O) groups excluding carboxylic acids is 1. The summed E-state index contributed by atoms with van der Waals surface area (Å²) >= 11 is 0. The molecule has 128 valence electrons. The molecule has 0 saturated heterocycles. The van der Waals surface area contributed by atoms with E-state index in [-0.39, 0.29) is 11.8 Å². The second-order valence-electron chi connectivity index (χ2n) is 6.07. The summed E-state index contributed by atoms with van der Waals surface area (Å²) in [5.41, 5.74) is 1.57. The van der Waals surface area contributed by atoms with E-state index in [2.05, 4.69) is 10.1 Å². The van der Waals surface area contributed by atoms with Crippen molar-refractivity contribution in [2.45, 2.75) is 13.1 Å². The molecule has 1 aliphatic rings. The number of ether oxygens (including phenoxy) is 1. The highest BCUT2D eigenvalue weighted by atomic mass is 16.5. The lowest BCUT2D eigenvalue weighted by Gasteiger charge is -2.23. The number of nitrogens with zero attached hydrogens (tertiary/aromatic N) is 4. The first kappa shape index (κ1) is 15.4. The minimum absolute atomic E-state index is 0.0465. The van der Waals surface area contributed by atoms with Gasteiger partial charge in [0, 0.05) is 31.4 Å². The van der Waals surface area contributed by atoms with Crippen LogP contribution < -0.4 is 4.74 Å². The lowest BCUT2D eigenvalue weighted by molar-refractivity contribution is 0.0700. The molecule has 7 nitrogen and oxygen atoms in total. The quantitative estimate of drug-likeness (QED) is 0.729. The lowest BCUT2D eigenvalue weighted by Crippen LogP contribution is -2.35. The Hall–Kier alpha value is -3.09. The largest absolute Gasteiger partial charge is 0.492 e. The highest BCUT2D eigenvalue weighted by molar-refractivity contribution is 5.93. The van der Waals surface area contributed by atoms with Crippen LogP contribution >= 0.6 is 0 Å². The molecule has 0 bridgehead atoms. The molecule has 25 heavy (non-hydrogen) atoms. The standard InChI is InChI=1S/C18H18N4O3/c23-18(15-4-7-24-13-15)21-9-14(10-22-16(11-21)3-6-20-22)12-25-17-2-1-5-19-8-17/h1-8,13-14H,9-12H2. The average Bonchev–Trinajstić information content (AvgIpc) is 3.29. The monoisotopic (exact) mass is 338 g/mol. The number of furan rings is 1. The molecule has 1 unspecified atom stereocenters. The summed E-state index contributed by atoms with van der Waals surface area (Å²) in [5, 5.41) is 4.37. The van der Waals surface area contributed by atoms with Gasteiger partial charge < -0.3 is 14.1 Å². The summed E-state index contributed by atoms with van der Waals surface area (Å²) in [6.07, 6.45) is 8.15. The maximum atomic E-state index is 12.8. The van der Waals surface area contributed by atoms with Gasteiger partial charge in [-0.15, -0.1) is 0 Å². The van der Waals surface area contributed by atoms with Crippen LogP contribution in [0.15, 0.2) is 59.8 Å². The average molecular weight is 338 g/mol. The Balaban J connectivity index is 1.52. The summed E-state index contributed by atoms with van der Waals surface area (Å²) in [4.78, 5) is 18.6. The van der Waals surface area contributed by atoms with E-state index in [0.29, 0.717) is 31.8 Å². The summed E-state index contributed by atoms with van der Waals surface area (Å²) in [6.45, 7) is 2.30. The molecule has 0 N–H and O–H groups in total. The number of rotatable bonds is 4. The number of amides is 1. The summed E-state index contributed by atoms with van der Waals surface area (Å²) in [7, 11) is 0. The van der Waals surface area contributed by atoms with Crippen LogP contribution in [-0.4, -0.2) is 38.7 Å². The second-order valence-corrected chi connectivity index (χ2v) is 6.07. The van der Waals surface area contributed by atoms with Crippen molar-refractivity contribution in [3.05, 3.63) is 66.6 Å². The van der Waals surface area contributed by atoms with Crippen molar-refractivity contribution in [2.75, 3.05) is 13.2 Å². The second kappa shape index (κ2) is 6.80. The van der Waals surface area contributed by atoms with Crippen LogP contribution in [0.1, 0.15) is 16.1 Å². The first-order valence-corrected chi connectivity index (χ1v) is 8.14. The van der Waals surface area contributed by atoms with Crippen LogP contribution in [0, 0.1) is 5.92 Å². The van der Waals surface area contributed by atoms with Gasteiger partial charge in [-0.2, -0.15) is 5.10 Å². The van der Waals surface area contributed by atoms with Crippen molar-refractivity contribution in [1.82, 2.24) is 19.7 Å². The maximum absolute atomic E-state index is 12.8. The van der Waals surface area contributed by atoms with Gasteiger partial charge in [0.15, 0.2) is 0 Å². The van der Waals surface area contributed by atoms with E-state index in [1.165, 1.54) is 12.5 Å². The van der Waals surface area contributed by atoms with Gasteiger partial charge in [-0.25, -0.2) is 0 Å². The minimum Gasteiger partial charge on any atom is -0.492 e. The molecule has 4 rings (SSSR count). The van der Waals surface area contributed by atoms with Crippen LogP contribution in [0.2, 0.25) is 0 Å². The van der Waals surface area contributed by atoms with Crippen molar-refractivity contribution in [3.8, 4) is 5.75 Å². The Bertz CT molecular complexity index is 829. The van der Waals surface area contributed by atoms with E-state index < -0.39 is 0 Å². The SMILES string of the molecule is O=C(c1ccoc1)N1Cc2ccnn2CC(COc2cccnc2)C1. The molecule has 0 spiro atoms. The fourth-order valence-electron chi connectivity index (χ4n) is 3.01. The normalized spacial score (nSPS) is 17.0. The van der Waals surface area contributed by atoms with E-state index in [1.54, 1.807) is 24.7 Å². The van der Waals surface area contributed by atoms with Crippen LogP contribution in [0.3, 0.4) is 0 Å². The van der Waals surface area contributed by atoms with Crippen molar-refractivity contribution in [3.63, 3.8) is 0 Å². The van der Waals surface area contributed by atoms with Gasteiger partial charge in [-0.3, -0.25) is 14.5 Å². The van der Waals surface area contributed by atoms with Crippen molar-refractivity contribution >= 4 is 5.91 Å². The first-order chi connectivity index (χ1) is 12.3. The Morgan fingerprint density at radius 1 is 1.28 bits per heavy atom. The van der Waals surface area contributed by atoms with Crippen molar-refractivity contribution < 1.29 is 13.9 Å². The smallest absolute Gasteiger partial charge is 0.257 e. The number of hydrogen-bond donors (Lipinski definition) is 0. The Labute approximate surface area is 144 Å². The Kier molecular flexibility index (Phi) is 4.20. The molecule has 7 heteroatoms. The van der Waals surface area contributed by atoms with Crippen LogP contribution in [-0.2, 0) is 13.1 Å². The van der Waals surface area contributed by atoms with Gasteiger partial charge in [0.05, 0.1) is 36.9 Å². The van der Waals surface area contributed by atoms with Crippen molar-refractivity contribution in [2.24, 2.45) is 5.92 Å². The lowest BCUT2D eigenvalue weighted by atomic mass is 10.1. The fourth-order valence-corrected chi connectivity index (χ4v) is 3.01. The van der Waals surface area contributed by atoms with Gasteiger partial charge in [0.2, 0.25) is 0 Å². The summed E-state index contributed by atoms with van der Waals surface area (Å²) in [5.74, 6) is 0.798. The van der Waals surface area contributed by atoms with Gasteiger partial charge in [-0.05, 0) is 24.3 Å². The third kappa shape index (κ3) is 3.40. The molecule has 1 atom stereocenters. The van der Waals surface area contributed by atoms with E-state index in [1.807, 2.05) is 27.8 Å². The van der Waals surface area contributed by atoms with Crippen LogP contribution in [0.4, 0.5) is 0 Å². The first-order valence-electron chi connectivity index (χ1n) is 8.14. The number of carbonyl (C=O) groups is 1. The number of aromatic nitrogens is 3. The predicted molar refractivity (Wildman–Crippen MR) is 88.9 cm³/mol. The third-order valence-electron chi connectivity index (χ3n) is 4.24. The van der Waals surface area contributed by atoms with Gasteiger partial charge in [0.25, 0.3) is 5.91 Å². The number of pyridine rings is 1. The van der Waals surface area contributed by atoms with Crippen molar-refractivity contribution in [1.29, 1.82) is 0 Å². The van der Waals surface area contributed by atoms with Crippen LogP contribution in [0.5, 0.6) is 5.75 Å². The molecule has 0 aliphatic carbocycles. The zero-order valence-electron chi connectivity index (χ0n) is 13.6. The van der Waals surface area contributed by atoms with Crippen LogP contribution in [0.25, 0.3) is 0 Å². The van der Waals surface area contributed by atoms with E-state index >= 15 is 0 Å². The summed E-state index contributed by atoms with van der Waals surface area (Å²) < 4.78 is 12.8.